The Bertz CT molecular complexity index is 879. The standard InChI is InChI=1S/C22H25NO2/c1-6-8-18(12-11-15(2)3)22(25)23-16(4)13-20-19(14-17(5)24)9-7-10-21(20)23/h6-13,15H,1,14H2,2-5H3/b12-11-,18-8+. The molecule has 1 aromatic heterocycles. The van der Waals surface area contributed by atoms with E-state index in [1.807, 2.05) is 43.3 Å². The van der Waals surface area contributed by atoms with Crippen LogP contribution < -0.4 is 0 Å². The van der Waals surface area contributed by atoms with E-state index in [1.165, 1.54) is 0 Å². The van der Waals surface area contributed by atoms with Gasteiger partial charge in [-0.3, -0.25) is 14.2 Å². The Morgan fingerprint density at radius 1 is 1.28 bits per heavy atom. The molecule has 1 heterocycles. The minimum atomic E-state index is -0.0933. The maximum absolute atomic E-state index is 13.1. The van der Waals surface area contributed by atoms with Crippen LogP contribution in [0.25, 0.3) is 10.9 Å². The lowest BCUT2D eigenvalue weighted by atomic mass is 10.1. The van der Waals surface area contributed by atoms with Crippen molar-refractivity contribution >= 4 is 22.6 Å². The number of rotatable bonds is 6. The van der Waals surface area contributed by atoms with Crippen molar-refractivity contribution in [3.63, 3.8) is 0 Å². The largest absolute Gasteiger partial charge is 0.300 e. The minimum absolute atomic E-state index is 0.0933. The highest BCUT2D eigenvalue weighted by Gasteiger charge is 2.17. The van der Waals surface area contributed by atoms with Gasteiger partial charge in [0.25, 0.3) is 5.91 Å². The molecule has 0 aliphatic carbocycles. The number of nitrogens with zero attached hydrogens (tertiary/aromatic N) is 1. The molecule has 3 heteroatoms. The average molecular weight is 335 g/mol. The topological polar surface area (TPSA) is 39.1 Å². The number of carbonyl (C=O) groups excluding carboxylic acids is 2. The highest BCUT2D eigenvalue weighted by atomic mass is 16.2. The third-order valence-electron chi connectivity index (χ3n) is 3.97. The van der Waals surface area contributed by atoms with E-state index in [-0.39, 0.29) is 11.7 Å². The fourth-order valence-electron chi connectivity index (χ4n) is 2.87. The fourth-order valence-corrected chi connectivity index (χ4v) is 2.87. The molecule has 0 saturated carbocycles. The summed E-state index contributed by atoms with van der Waals surface area (Å²) in [6.45, 7) is 11.3. The molecule has 0 amide bonds. The Morgan fingerprint density at radius 2 is 2.00 bits per heavy atom. The van der Waals surface area contributed by atoms with Gasteiger partial charge in [0.2, 0.25) is 0 Å². The van der Waals surface area contributed by atoms with Gasteiger partial charge < -0.3 is 0 Å². The lowest BCUT2D eigenvalue weighted by molar-refractivity contribution is -0.116. The van der Waals surface area contributed by atoms with Crippen molar-refractivity contribution in [2.24, 2.45) is 5.92 Å². The van der Waals surface area contributed by atoms with E-state index < -0.39 is 0 Å². The molecule has 0 fully saturated rings. The first kappa shape index (κ1) is 18.7. The van der Waals surface area contributed by atoms with Crippen molar-refractivity contribution in [2.45, 2.75) is 34.1 Å². The third-order valence-corrected chi connectivity index (χ3v) is 3.97. The van der Waals surface area contributed by atoms with Crippen molar-refractivity contribution in [3.8, 4) is 0 Å². The van der Waals surface area contributed by atoms with Crippen LogP contribution in [-0.2, 0) is 11.2 Å². The van der Waals surface area contributed by atoms with Crippen molar-refractivity contribution in [1.82, 2.24) is 4.57 Å². The van der Waals surface area contributed by atoms with Crippen LogP contribution in [0.15, 0.2) is 60.7 Å². The number of aromatic nitrogens is 1. The molecule has 0 aliphatic heterocycles. The summed E-state index contributed by atoms with van der Waals surface area (Å²) >= 11 is 0. The molecule has 2 rings (SSSR count). The van der Waals surface area contributed by atoms with Gasteiger partial charge in [0.15, 0.2) is 0 Å². The van der Waals surface area contributed by atoms with E-state index in [0.717, 1.165) is 22.2 Å². The lowest BCUT2D eigenvalue weighted by Crippen LogP contribution is -2.13. The van der Waals surface area contributed by atoms with Crippen LogP contribution in [0.4, 0.5) is 0 Å². The summed E-state index contributed by atoms with van der Waals surface area (Å²) in [5, 5.41) is 0.953. The summed E-state index contributed by atoms with van der Waals surface area (Å²) in [4.78, 5) is 24.6. The second-order valence-electron chi connectivity index (χ2n) is 6.62. The van der Waals surface area contributed by atoms with Crippen LogP contribution in [-0.4, -0.2) is 16.3 Å². The third kappa shape index (κ3) is 4.24. The summed E-state index contributed by atoms with van der Waals surface area (Å²) in [6.07, 6.45) is 7.57. The van der Waals surface area contributed by atoms with Crippen LogP contribution in [0.3, 0.4) is 0 Å². The molecule has 3 nitrogen and oxygen atoms in total. The second kappa shape index (κ2) is 7.93. The average Bonchev–Trinajstić information content (AvgIpc) is 2.87. The molecule has 0 atom stereocenters. The van der Waals surface area contributed by atoms with Gasteiger partial charge in [-0.25, -0.2) is 0 Å². The quantitative estimate of drug-likeness (QED) is 0.547. The van der Waals surface area contributed by atoms with E-state index >= 15 is 0 Å². The lowest BCUT2D eigenvalue weighted by Gasteiger charge is -2.09. The first-order chi connectivity index (χ1) is 11.8. The van der Waals surface area contributed by atoms with Crippen molar-refractivity contribution < 1.29 is 9.59 Å². The van der Waals surface area contributed by atoms with E-state index in [1.54, 1.807) is 23.6 Å². The van der Waals surface area contributed by atoms with Crippen LogP contribution in [0, 0.1) is 12.8 Å². The maximum atomic E-state index is 13.1. The highest BCUT2D eigenvalue weighted by Crippen LogP contribution is 2.25. The van der Waals surface area contributed by atoms with Crippen LogP contribution in [0.5, 0.6) is 0 Å². The van der Waals surface area contributed by atoms with Crippen LogP contribution in [0.2, 0.25) is 0 Å². The molecule has 0 bridgehead atoms. The Hall–Kier alpha value is -2.68. The minimum Gasteiger partial charge on any atom is -0.300 e. The molecular formula is C22H25NO2. The van der Waals surface area contributed by atoms with E-state index in [0.29, 0.717) is 17.9 Å². The Kier molecular flexibility index (Phi) is 5.92. The Balaban J connectivity index is 2.58. The van der Waals surface area contributed by atoms with E-state index in [2.05, 4.69) is 20.4 Å². The normalized spacial score (nSPS) is 12.3. The summed E-state index contributed by atoms with van der Waals surface area (Å²) in [7, 11) is 0. The Labute approximate surface area is 149 Å². The van der Waals surface area contributed by atoms with E-state index in [9.17, 15) is 9.59 Å². The second-order valence-corrected chi connectivity index (χ2v) is 6.62. The number of benzene rings is 1. The summed E-state index contributed by atoms with van der Waals surface area (Å²) in [6, 6.07) is 7.73. The summed E-state index contributed by atoms with van der Waals surface area (Å²) < 4.78 is 1.71. The number of carbonyl (C=O) groups is 2. The highest BCUT2D eigenvalue weighted by molar-refractivity contribution is 6.05. The van der Waals surface area contributed by atoms with Gasteiger partial charge in [0, 0.05) is 23.1 Å². The zero-order valence-corrected chi connectivity index (χ0v) is 15.4. The molecule has 25 heavy (non-hydrogen) atoms. The molecule has 130 valence electrons. The molecule has 0 N–H and O–H groups in total. The number of allylic oxidation sites excluding steroid dienone is 5. The molecule has 0 radical (unpaired) electrons. The number of hydrogen-bond donors (Lipinski definition) is 0. The van der Waals surface area contributed by atoms with E-state index in [4.69, 9.17) is 0 Å². The Morgan fingerprint density at radius 3 is 2.60 bits per heavy atom. The molecule has 2 aromatic rings. The number of aryl methyl sites for hydroxylation is 1. The predicted octanol–water partition coefficient (Wildman–Crippen LogP) is 5.05. The molecule has 0 unspecified atom stereocenters. The zero-order valence-electron chi connectivity index (χ0n) is 15.4. The van der Waals surface area contributed by atoms with Crippen LogP contribution in [0.1, 0.15) is 36.8 Å². The first-order valence-corrected chi connectivity index (χ1v) is 8.50. The molecular weight excluding hydrogens is 310 g/mol. The first-order valence-electron chi connectivity index (χ1n) is 8.50. The van der Waals surface area contributed by atoms with Gasteiger partial charge in [-0.2, -0.15) is 0 Å². The van der Waals surface area contributed by atoms with Crippen LogP contribution >= 0.6 is 0 Å². The molecule has 0 spiro atoms. The summed E-state index contributed by atoms with van der Waals surface area (Å²) in [5.74, 6) is 0.367. The summed E-state index contributed by atoms with van der Waals surface area (Å²) in [5.41, 5.74) is 3.21. The molecule has 0 saturated heterocycles. The number of ketones is 1. The monoisotopic (exact) mass is 335 g/mol. The number of hydrogen-bond acceptors (Lipinski definition) is 2. The number of fused-ring (bicyclic) bond motifs is 1. The predicted molar refractivity (Wildman–Crippen MR) is 104 cm³/mol. The van der Waals surface area contributed by atoms with Gasteiger partial charge in [-0.1, -0.05) is 56.9 Å². The number of Topliss-reactive ketones (excluding diaryl/α,β-unsaturated/α-hetero) is 1. The SMILES string of the molecule is C=C/C=C(\C=C/C(C)C)C(=O)n1c(C)cc2c(CC(C)=O)cccc21. The fraction of sp³-hybridized carbons (Fsp3) is 0.273. The van der Waals surface area contributed by atoms with Gasteiger partial charge in [-0.05, 0) is 37.5 Å². The van der Waals surface area contributed by atoms with Gasteiger partial charge >= 0.3 is 0 Å². The molecule has 0 aliphatic rings. The van der Waals surface area contributed by atoms with Gasteiger partial charge in [0.1, 0.15) is 5.78 Å². The van der Waals surface area contributed by atoms with Crippen molar-refractivity contribution in [1.29, 1.82) is 0 Å². The van der Waals surface area contributed by atoms with Crippen molar-refractivity contribution in [3.05, 3.63) is 72.0 Å². The van der Waals surface area contributed by atoms with Gasteiger partial charge in [-0.15, -0.1) is 0 Å². The molecule has 1 aromatic carbocycles. The zero-order chi connectivity index (χ0) is 18.6. The maximum Gasteiger partial charge on any atom is 0.262 e. The van der Waals surface area contributed by atoms with Crippen molar-refractivity contribution in [2.75, 3.05) is 0 Å². The smallest absolute Gasteiger partial charge is 0.262 e. The van der Waals surface area contributed by atoms with Gasteiger partial charge in [0.05, 0.1) is 5.52 Å².